The third-order valence-corrected chi connectivity index (χ3v) is 4.80. The molecule has 1 heterocycles. The number of hydrogen-bond donors (Lipinski definition) is 1. The largest absolute Gasteiger partial charge is 0.496 e. The first-order chi connectivity index (χ1) is 14.9. The Morgan fingerprint density at radius 2 is 2.00 bits per heavy atom. The highest BCUT2D eigenvalue weighted by Crippen LogP contribution is 2.30. The molecular formula is C20H20ClFN6O3. The molecule has 0 saturated heterocycles. The van der Waals surface area contributed by atoms with Crippen LogP contribution in [0.15, 0.2) is 42.7 Å². The molecule has 31 heavy (non-hydrogen) atoms. The Morgan fingerprint density at radius 3 is 2.61 bits per heavy atom. The summed E-state index contributed by atoms with van der Waals surface area (Å²) in [5, 5.41) is 13.9. The van der Waals surface area contributed by atoms with Gasteiger partial charge in [0.25, 0.3) is 5.91 Å². The molecule has 0 radical (unpaired) electrons. The van der Waals surface area contributed by atoms with Crippen LogP contribution >= 0.6 is 11.6 Å². The summed E-state index contributed by atoms with van der Waals surface area (Å²) in [6.45, 7) is 2.11. The molecule has 3 aromatic rings. The van der Waals surface area contributed by atoms with Crippen molar-refractivity contribution in [3.63, 3.8) is 0 Å². The third kappa shape index (κ3) is 5.34. The summed E-state index contributed by atoms with van der Waals surface area (Å²) in [7, 11) is 1.43. The summed E-state index contributed by atoms with van der Waals surface area (Å²) in [6, 6.07) is 8.80. The zero-order valence-electron chi connectivity index (χ0n) is 16.9. The molecule has 0 unspecified atom stereocenters. The van der Waals surface area contributed by atoms with Crippen LogP contribution in [-0.2, 0) is 11.3 Å². The van der Waals surface area contributed by atoms with Crippen molar-refractivity contribution in [1.29, 1.82) is 0 Å². The lowest BCUT2D eigenvalue weighted by Gasteiger charge is -2.22. The summed E-state index contributed by atoms with van der Waals surface area (Å²) in [6.07, 6.45) is 1.37. The van der Waals surface area contributed by atoms with E-state index in [9.17, 15) is 14.0 Å². The van der Waals surface area contributed by atoms with Gasteiger partial charge >= 0.3 is 0 Å². The number of carbonyl (C=O) groups is 2. The van der Waals surface area contributed by atoms with Gasteiger partial charge in [-0.25, -0.2) is 4.39 Å². The molecule has 0 aliphatic heterocycles. The molecule has 2 amide bonds. The van der Waals surface area contributed by atoms with Crippen LogP contribution in [-0.4, -0.2) is 57.1 Å². The van der Waals surface area contributed by atoms with E-state index in [-0.39, 0.29) is 41.1 Å². The molecular weight excluding hydrogens is 427 g/mol. The van der Waals surface area contributed by atoms with Gasteiger partial charge in [-0.2, -0.15) is 4.68 Å². The van der Waals surface area contributed by atoms with Crippen molar-refractivity contribution in [2.24, 2.45) is 0 Å². The molecule has 1 N–H and O–H groups in total. The summed E-state index contributed by atoms with van der Waals surface area (Å²) in [5.74, 6) is -0.849. The Bertz CT molecular complexity index is 1060. The maximum atomic E-state index is 13.1. The van der Waals surface area contributed by atoms with Gasteiger partial charge in [0.05, 0.1) is 29.9 Å². The number of carbonyl (C=O) groups excluding carboxylic acids is 2. The Balaban J connectivity index is 1.72. The van der Waals surface area contributed by atoms with E-state index < -0.39 is 5.91 Å². The fourth-order valence-corrected chi connectivity index (χ4v) is 3.11. The highest BCUT2D eigenvalue weighted by Gasteiger charge is 2.23. The topological polar surface area (TPSA) is 102 Å². The van der Waals surface area contributed by atoms with Crippen molar-refractivity contribution >= 4 is 23.4 Å². The molecule has 162 valence electrons. The molecule has 2 aromatic carbocycles. The van der Waals surface area contributed by atoms with E-state index in [1.165, 1.54) is 41.2 Å². The highest BCUT2D eigenvalue weighted by molar-refractivity contribution is 6.33. The molecule has 11 heteroatoms. The average Bonchev–Trinajstić information content (AvgIpc) is 3.31. The minimum absolute atomic E-state index is 0.161. The van der Waals surface area contributed by atoms with Crippen LogP contribution in [0.2, 0.25) is 5.02 Å². The molecule has 0 saturated carbocycles. The second-order valence-electron chi connectivity index (χ2n) is 6.48. The second kappa shape index (κ2) is 9.98. The number of aromatic nitrogens is 4. The van der Waals surface area contributed by atoms with Gasteiger partial charge < -0.3 is 15.0 Å². The van der Waals surface area contributed by atoms with Gasteiger partial charge in [0.1, 0.15) is 17.9 Å². The molecule has 0 fully saturated rings. The zero-order valence-corrected chi connectivity index (χ0v) is 17.6. The maximum absolute atomic E-state index is 13.1. The SMILES string of the molecule is CCN(CC(=O)NCc1ccc(F)cc1)C(=O)c1cc(Cl)c(-n2cnnn2)cc1OC. The molecule has 0 aliphatic rings. The minimum Gasteiger partial charge on any atom is -0.496 e. The predicted molar refractivity (Wildman–Crippen MR) is 111 cm³/mol. The van der Waals surface area contributed by atoms with E-state index in [1.807, 2.05) is 0 Å². The van der Waals surface area contributed by atoms with Crippen molar-refractivity contribution in [1.82, 2.24) is 30.4 Å². The number of benzene rings is 2. The van der Waals surface area contributed by atoms with Crippen LogP contribution in [0.3, 0.4) is 0 Å². The Labute approximate surface area is 182 Å². The lowest BCUT2D eigenvalue weighted by atomic mass is 10.1. The van der Waals surface area contributed by atoms with Crippen LogP contribution in [0.25, 0.3) is 5.69 Å². The zero-order chi connectivity index (χ0) is 22.4. The maximum Gasteiger partial charge on any atom is 0.258 e. The summed E-state index contributed by atoms with van der Waals surface area (Å²) < 4.78 is 19.7. The van der Waals surface area contributed by atoms with E-state index >= 15 is 0 Å². The fourth-order valence-electron chi connectivity index (χ4n) is 2.86. The van der Waals surface area contributed by atoms with Gasteiger partial charge in [0.2, 0.25) is 5.91 Å². The van der Waals surface area contributed by atoms with Crippen LogP contribution in [0, 0.1) is 5.82 Å². The van der Waals surface area contributed by atoms with E-state index in [4.69, 9.17) is 16.3 Å². The number of amides is 2. The summed E-state index contributed by atoms with van der Waals surface area (Å²) in [4.78, 5) is 26.8. The van der Waals surface area contributed by atoms with Gasteiger partial charge in [-0.3, -0.25) is 9.59 Å². The number of nitrogens with one attached hydrogen (secondary N) is 1. The van der Waals surface area contributed by atoms with E-state index in [0.717, 1.165) is 5.56 Å². The van der Waals surface area contributed by atoms with Gasteiger partial charge in [0, 0.05) is 19.2 Å². The Hall–Kier alpha value is -3.53. The molecule has 1 aromatic heterocycles. The molecule has 0 bridgehead atoms. The summed E-state index contributed by atoms with van der Waals surface area (Å²) >= 11 is 6.33. The average molecular weight is 447 g/mol. The number of tetrazole rings is 1. The van der Waals surface area contributed by atoms with Crippen molar-refractivity contribution in [3.05, 3.63) is 64.7 Å². The summed E-state index contributed by atoms with van der Waals surface area (Å²) in [5.41, 5.74) is 1.40. The van der Waals surface area contributed by atoms with Gasteiger partial charge in [-0.15, -0.1) is 5.10 Å². The lowest BCUT2D eigenvalue weighted by Crippen LogP contribution is -2.40. The first-order valence-corrected chi connectivity index (χ1v) is 9.72. The number of ether oxygens (including phenoxy) is 1. The van der Waals surface area contributed by atoms with E-state index in [1.54, 1.807) is 25.1 Å². The standard InChI is InChI=1S/C20H20ClFN6O3/c1-3-27(11-19(29)23-10-13-4-6-14(22)7-5-13)20(30)15-8-16(21)17(9-18(15)31-2)28-12-24-25-26-28/h4-9,12H,3,10-11H2,1-2H3,(H,23,29). The first-order valence-electron chi connectivity index (χ1n) is 9.34. The quantitative estimate of drug-likeness (QED) is 0.569. The van der Waals surface area contributed by atoms with Gasteiger partial charge in [-0.05, 0) is 41.1 Å². The predicted octanol–water partition coefficient (Wildman–Crippen LogP) is 2.24. The molecule has 3 rings (SSSR count). The van der Waals surface area contributed by atoms with Crippen molar-refractivity contribution < 1.29 is 18.7 Å². The van der Waals surface area contributed by atoms with Gasteiger partial charge in [-0.1, -0.05) is 23.7 Å². The van der Waals surface area contributed by atoms with Crippen LogP contribution in [0.4, 0.5) is 4.39 Å². The number of likely N-dealkylation sites (N-methyl/N-ethyl adjacent to an activating group) is 1. The number of rotatable bonds is 8. The van der Waals surface area contributed by atoms with E-state index in [0.29, 0.717) is 12.2 Å². The monoisotopic (exact) mass is 446 g/mol. The normalized spacial score (nSPS) is 10.6. The minimum atomic E-state index is -0.415. The van der Waals surface area contributed by atoms with Crippen LogP contribution in [0.1, 0.15) is 22.8 Å². The van der Waals surface area contributed by atoms with Crippen molar-refractivity contribution in [2.45, 2.75) is 13.5 Å². The first kappa shape index (κ1) is 22.2. The van der Waals surface area contributed by atoms with Crippen LogP contribution in [0.5, 0.6) is 5.75 Å². The van der Waals surface area contributed by atoms with E-state index in [2.05, 4.69) is 20.8 Å². The second-order valence-corrected chi connectivity index (χ2v) is 6.89. The molecule has 0 atom stereocenters. The smallest absolute Gasteiger partial charge is 0.258 e. The van der Waals surface area contributed by atoms with Crippen molar-refractivity contribution in [3.8, 4) is 11.4 Å². The van der Waals surface area contributed by atoms with Crippen LogP contribution < -0.4 is 10.1 Å². The molecule has 9 nitrogen and oxygen atoms in total. The number of nitrogens with zero attached hydrogens (tertiary/aromatic N) is 5. The third-order valence-electron chi connectivity index (χ3n) is 4.50. The lowest BCUT2D eigenvalue weighted by molar-refractivity contribution is -0.121. The highest BCUT2D eigenvalue weighted by atomic mass is 35.5. The fraction of sp³-hybridized carbons (Fsp3) is 0.250. The number of halogens is 2. The molecule has 0 spiro atoms. The number of hydrogen-bond acceptors (Lipinski definition) is 6. The van der Waals surface area contributed by atoms with Gasteiger partial charge in [0.15, 0.2) is 0 Å². The molecule has 0 aliphatic carbocycles. The number of methoxy groups -OCH3 is 1. The Kier molecular flexibility index (Phi) is 7.14. The van der Waals surface area contributed by atoms with Crippen molar-refractivity contribution in [2.75, 3.05) is 20.2 Å². The Morgan fingerprint density at radius 1 is 1.26 bits per heavy atom.